The first-order valence-electron chi connectivity index (χ1n) is 6.01. The van der Waals surface area contributed by atoms with E-state index in [2.05, 4.69) is 27.3 Å². The van der Waals surface area contributed by atoms with Gasteiger partial charge in [-0.15, -0.1) is 0 Å². The lowest BCUT2D eigenvalue weighted by molar-refractivity contribution is 0.233. The van der Waals surface area contributed by atoms with Gasteiger partial charge in [-0.1, -0.05) is 11.6 Å². The number of H-pyrrole nitrogens is 1. The number of nitrogens with zero attached hydrogens (tertiary/aromatic N) is 1. The van der Waals surface area contributed by atoms with E-state index in [1.54, 1.807) is 0 Å². The van der Waals surface area contributed by atoms with Crippen LogP contribution in [0.3, 0.4) is 0 Å². The zero-order valence-corrected chi connectivity index (χ0v) is 10.4. The van der Waals surface area contributed by atoms with E-state index in [1.807, 2.05) is 12.3 Å². The average Bonchev–Trinajstić information content (AvgIpc) is 2.78. The number of piperazine rings is 1. The molecule has 1 saturated heterocycles. The van der Waals surface area contributed by atoms with E-state index in [4.69, 9.17) is 11.6 Å². The summed E-state index contributed by atoms with van der Waals surface area (Å²) in [6.45, 7) is 5.28. The molecule has 1 aromatic carbocycles. The second-order valence-corrected chi connectivity index (χ2v) is 4.94. The van der Waals surface area contributed by atoms with Crippen molar-refractivity contribution in [3.05, 3.63) is 35.0 Å². The van der Waals surface area contributed by atoms with Gasteiger partial charge in [0.2, 0.25) is 0 Å². The van der Waals surface area contributed by atoms with E-state index in [0.29, 0.717) is 0 Å². The molecule has 0 amide bonds. The van der Waals surface area contributed by atoms with E-state index in [9.17, 15) is 0 Å². The minimum absolute atomic E-state index is 0.871. The molecule has 2 N–H and O–H groups in total. The fourth-order valence-corrected chi connectivity index (χ4v) is 2.58. The van der Waals surface area contributed by atoms with Crippen LogP contribution < -0.4 is 5.32 Å². The third kappa shape index (κ3) is 2.32. The summed E-state index contributed by atoms with van der Waals surface area (Å²) < 4.78 is 0. The molecule has 0 bridgehead atoms. The molecule has 0 radical (unpaired) electrons. The van der Waals surface area contributed by atoms with Gasteiger partial charge in [-0.25, -0.2) is 0 Å². The molecular weight excluding hydrogens is 234 g/mol. The van der Waals surface area contributed by atoms with Crippen LogP contribution in [0.25, 0.3) is 10.9 Å². The van der Waals surface area contributed by atoms with Crippen molar-refractivity contribution < 1.29 is 0 Å². The van der Waals surface area contributed by atoms with Gasteiger partial charge in [-0.2, -0.15) is 0 Å². The molecule has 0 atom stereocenters. The van der Waals surface area contributed by atoms with E-state index in [-0.39, 0.29) is 0 Å². The third-order valence-electron chi connectivity index (χ3n) is 3.32. The molecular formula is C13H16ClN3. The number of rotatable bonds is 2. The lowest BCUT2D eigenvalue weighted by atomic mass is 10.1. The van der Waals surface area contributed by atoms with Crippen molar-refractivity contribution in [1.29, 1.82) is 0 Å². The lowest BCUT2D eigenvalue weighted by Crippen LogP contribution is -2.42. The van der Waals surface area contributed by atoms with Gasteiger partial charge >= 0.3 is 0 Å². The topological polar surface area (TPSA) is 31.1 Å². The first-order valence-corrected chi connectivity index (χ1v) is 6.39. The summed E-state index contributed by atoms with van der Waals surface area (Å²) >= 11 is 6.32. The molecule has 1 fully saturated rings. The number of fused-ring (bicyclic) bond motifs is 1. The van der Waals surface area contributed by atoms with Gasteiger partial charge in [0.1, 0.15) is 0 Å². The van der Waals surface area contributed by atoms with E-state index < -0.39 is 0 Å². The predicted molar refractivity (Wildman–Crippen MR) is 71.5 cm³/mol. The van der Waals surface area contributed by atoms with Crippen LogP contribution in [0.4, 0.5) is 0 Å². The third-order valence-corrected chi connectivity index (χ3v) is 3.68. The average molecular weight is 250 g/mol. The first kappa shape index (κ1) is 11.1. The van der Waals surface area contributed by atoms with E-state index in [1.165, 1.54) is 16.5 Å². The summed E-state index contributed by atoms with van der Waals surface area (Å²) in [6, 6.07) is 6.26. The highest BCUT2D eigenvalue weighted by molar-refractivity contribution is 6.32. The van der Waals surface area contributed by atoms with Crippen molar-refractivity contribution in [3.63, 3.8) is 0 Å². The van der Waals surface area contributed by atoms with Gasteiger partial charge in [0.15, 0.2) is 0 Å². The normalized spacial score (nSPS) is 17.7. The Morgan fingerprint density at radius 2 is 2.06 bits per heavy atom. The number of hydrogen-bond acceptors (Lipinski definition) is 2. The van der Waals surface area contributed by atoms with Crippen LogP contribution >= 0.6 is 11.6 Å². The first-order chi connectivity index (χ1) is 8.33. The summed E-state index contributed by atoms with van der Waals surface area (Å²) in [5.41, 5.74) is 2.38. The van der Waals surface area contributed by atoms with Crippen LogP contribution in [0.5, 0.6) is 0 Å². The molecule has 2 aromatic rings. The van der Waals surface area contributed by atoms with Crippen molar-refractivity contribution in [3.8, 4) is 0 Å². The highest BCUT2D eigenvalue weighted by Gasteiger charge is 2.12. The fourth-order valence-electron chi connectivity index (χ4n) is 2.35. The Balaban J connectivity index is 1.85. The Morgan fingerprint density at radius 3 is 2.88 bits per heavy atom. The Morgan fingerprint density at radius 1 is 1.24 bits per heavy atom. The Bertz CT molecular complexity index is 514. The van der Waals surface area contributed by atoms with Crippen molar-refractivity contribution in [1.82, 2.24) is 15.2 Å². The summed E-state index contributed by atoms with van der Waals surface area (Å²) in [5, 5.41) is 5.41. The van der Waals surface area contributed by atoms with Gasteiger partial charge in [0.05, 0.1) is 0 Å². The number of nitrogens with one attached hydrogen (secondary N) is 2. The van der Waals surface area contributed by atoms with Crippen LogP contribution in [0.1, 0.15) is 5.56 Å². The minimum Gasteiger partial charge on any atom is -0.361 e. The maximum atomic E-state index is 6.32. The number of aromatic nitrogens is 1. The molecule has 4 heteroatoms. The quantitative estimate of drug-likeness (QED) is 0.855. The molecule has 3 nitrogen and oxygen atoms in total. The zero-order valence-electron chi connectivity index (χ0n) is 9.67. The monoisotopic (exact) mass is 249 g/mol. The Hall–Kier alpha value is -1.03. The second kappa shape index (κ2) is 4.69. The van der Waals surface area contributed by atoms with Crippen molar-refractivity contribution in [2.45, 2.75) is 6.54 Å². The van der Waals surface area contributed by atoms with Gasteiger partial charge in [-0.05, 0) is 23.8 Å². The Kier molecular flexibility index (Phi) is 3.05. The fraction of sp³-hybridized carbons (Fsp3) is 0.385. The van der Waals surface area contributed by atoms with Crippen molar-refractivity contribution in [2.75, 3.05) is 26.2 Å². The molecule has 3 rings (SSSR count). The Labute approximate surface area is 106 Å². The minimum atomic E-state index is 0.871. The van der Waals surface area contributed by atoms with Gasteiger partial charge in [0, 0.05) is 54.8 Å². The van der Waals surface area contributed by atoms with Crippen LogP contribution in [0, 0.1) is 0 Å². The summed E-state index contributed by atoms with van der Waals surface area (Å²) in [7, 11) is 0. The molecule has 1 aromatic heterocycles. The van der Waals surface area contributed by atoms with Gasteiger partial charge in [0.25, 0.3) is 0 Å². The highest BCUT2D eigenvalue weighted by atomic mass is 35.5. The largest absolute Gasteiger partial charge is 0.361 e. The number of benzene rings is 1. The van der Waals surface area contributed by atoms with Crippen molar-refractivity contribution in [2.24, 2.45) is 0 Å². The zero-order chi connectivity index (χ0) is 11.7. The molecule has 90 valence electrons. The SMILES string of the molecule is Clc1cc2cc[nH]c2cc1CN1CCNCC1. The predicted octanol–water partition coefficient (Wildman–Crippen LogP) is 2.23. The molecule has 1 aliphatic rings. The molecule has 0 aliphatic carbocycles. The summed E-state index contributed by atoms with van der Waals surface area (Å²) in [5.74, 6) is 0. The maximum Gasteiger partial charge on any atom is 0.0458 e. The number of halogens is 1. The molecule has 0 unspecified atom stereocenters. The van der Waals surface area contributed by atoms with Crippen LogP contribution in [0.2, 0.25) is 5.02 Å². The standard InChI is InChI=1S/C13H16ClN3/c14-12-7-10-1-2-16-13(10)8-11(12)9-17-5-3-15-4-6-17/h1-2,7-8,15-16H,3-6,9H2. The molecule has 0 saturated carbocycles. The molecule has 17 heavy (non-hydrogen) atoms. The molecule has 2 heterocycles. The maximum absolute atomic E-state index is 6.32. The van der Waals surface area contributed by atoms with Gasteiger partial charge in [-0.3, -0.25) is 4.90 Å². The lowest BCUT2D eigenvalue weighted by Gasteiger charge is -2.27. The highest BCUT2D eigenvalue weighted by Crippen LogP contribution is 2.24. The van der Waals surface area contributed by atoms with Crippen LogP contribution in [0.15, 0.2) is 24.4 Å². The van der Waals surface area contributed by atoms with Crippen LogP contribution in [-0.2, 0) is 6.54 Å². The van der Waals surface area contributed by atoms with Crippen molar-refractivity contribution >= 4 is 22.5 Å². The van der Waals surface area contributed by atoms with Crippen LogP contribution in [-0.4, -0.2) is 36.1 Å². The molecule has 0 spiro atoms. The number of aromatic amines is 1. The van der Waals surface area contributed by atoms with Gasteiger partial charge < -0.3 is 10.3 Å². The smallest absolute Gasteiger partial charge is 0.0458 e. The summed E-state index contributed by atoms with van der Waals surface area (Å²) in [6.07, 6.45) is 1.95. The summed E-state index contributed by atoms with van der Waals surface area (Å²) in [4.78, 5) is 5.67. The second-order valence-electron chi connectivity index (χ2n) is 4.53. The van der Waals surface area contributed by atoms with E-state index >= 15 is 0 Å². The van der Waals surface area contributed by atoms with E-state index in [0.717, 1.165) is 37.7 Å². The molecule has 1 aliphatic heterocycles. The number of hydrogen-bond donors (Lipinski definition) is 2.